The second-order valence-electron chi connectivity index (χ2n) is 2.88. The topological polar surface area (TPSA) is 57.6 Å². The van der Waals surface area contributed by atoms with Gasteiger partial charge in [-0.2, -0.15) is 0 Å². The van der Waals surface area contributed by atoms with E-state index in [9.17, 15) is 9.59 Å². The number of carbonyl (C=O) groups excluding carboxylic acids is 1. The quantitative estimate of drug-likeness (QED) is 0.609. The third kappa shape index (κ3) is 0.783. The maximum absolute atomic E-state index is 10.9. The minimum Gasteiger partial charge on any atom is -0.477 e. The third-order valence-electron chi connectivity index (χ3n) is 2.16. The molecule has 2 rings (SSSR count). The van der Waals surface area contributed by atoms with Crippen LogP contribution in [0.3, 0.4) is 0 Å². The molecule has 1 amide bonds. The van der Waals surface area contributed by atoms with Gasteiger partial charge in [-0.1, -0.05) is 11.6 Å². The van der Waals surface area contributed by atoms with Crippen molar-refractivity contribution in [1.29, 1.82) is 0 Å². The Morgan fingerprint density at radius 2 is 2.25 bits per heavy atom. The molecule has 5 heteroatoms. The van der Waals surface area contributed by atoms with E-state index in [4.69, 9.17) is 16.7 Å². The molecule has 1 N–H and O–H groups in total. The van der Waals surface area contributed by atoms with Crippen LogP contribution >= 0.6 is 11.6 Å². The predicted molar refractivity (Wildman–Crippen MR) is 40.4 cm³/mol. The van der Waals surface area contributed by atoms with Crippen molar-refractivity contribution in [2.45, 2.75) is 18.9 Å². The minimum absolute atomic E-state index is 0.0103. The average molecular weight is 188 g/mol. The van der Waals surface area contributed by atoms with Gasteiger partial charge >= 0.3 is 5.97 Å². The highest BCUT2D eigenvalue weighted by molar-refractivity contribution is 6.32. The second kappa shape index (κ2) is 2.23. The molecular formula is C7H6ClNO3. The molecule has 1 unspecified atom stereocenters. The first kappa shape index (κ1) is 7.61. The van der Waals surface area contributed by atoms with E-state index in [0.29, 0.717) is 17.9 Å². The Morgan fingerprint density at radius 3 is 2.67 bits per heavy atom. The Bertz CT molecular complexity index is 310. The highest BCUT2D eigenvalue weighted by Gasteiger charge is 2.47. The highest BCUT2D eigenvalue weighted by atomic mass is 35.5. The van der Waals surface area contributed by atoms with Crippen LogP contribution in [0, 0.1) is 0 Å². The van der Waals surface area contributed by atoms with Gasteiger partial charge in [-0.3, -0.25) is 4.79 Å². The second-order valence-corrected chi connectivity index (χ2v) is 3.34. The number of rotatable bonds is 1. The van der Waals surface area contributed by atoms with Crippen LogP contribution in [0.15, 0.2) is 10.7 Å². The van der Waals surface area contributed by atoms with Crippen LogP contribution in [0.25, 0.3) is 0 Å². The van der Waals surface area contributed by atoms with Crippen LogP contribution in [-0.4, -0.2) is 27.9 Å². The Labute approximate surface area is 73.4 Å². The number of hydrogen-bond donors (Lipinski definition) is 1. The van der Waals surface area contributed by atoms with E-state index < -0.39 is 5.97 Å². The summed E-state index contributed by atoms with van der Waals surface area (Å²) < 4.78 is 0. The lowest BCUT2D eigenvalue weighted by Crippen LogP contribution is -2.49. The molecule has 2 aliphatic rings. The molecule has 4 nitrogen and oxygen atoms in total. The van der Waals surface area contributed by atoms with Crippen LogP contribution in [0.2, 0.25) is 0 Å². The van der Waals surface area contributed by atoms with Gasteiger partial charge < -0.3 is 10.0 Å². The average Bonchev–Trinajstić information content (AvgIpc) is 2.22. The number of halogens is 1. The third-order valence-corrected chi connectivity index (χ3v) is 2.49. The molecular weight excluding hydrogens is 182 g/mol. The number of carboxylic acids is 1. The Kier molecular flexibility index (Phi) is 1.41. The van der Waals surface area contributed by atoms with Crippen molar-refractivity contribution in [2.24, 2.45) is 0 Å². The van der Waals surface area contributed by atoms with E-state index in [0.717, 1.165) is 0 Å². The number of carbonyl (C=O) groups is 2. The molecule has 2 aliphatic heterocycles. The molecule has 1 atom stereocenters. The largest absolute Gasteiger partial charge is 0.477 e. The van der Waals surface area contributed by atoms with Crippen molar-refractivity contribution < 1.29 is 14.7 Å². The molecule has 0 saturated carbocycles. The molecule has 0 aliphatic carbocycles. The van der Waals surface area contributed by atoms with E-state index in [1.807, 2.05) is 0 Å². The van der Waals surface area contributed by atoms with Crippen LogP contribution in [0.5, 0.6) is 0 Å². The molecule has 2 heterocycles. The summed E-state index contributed by atoms with van der Waals surface area (Å²) in [4.78, 5) is 22.8. The summed E-state index contributed by atoms with van der Waals surface area (Å²) in [6.45, 7) is 0. The molecule has 12 heavy (non-hydrogen) atoms. The van der Waals surface area contributed by atoms with Crippen molar-refractivity contribution in [2.75, 3.05) is 0 Å². The zero-order valence-corrected chi connectivity index (χ0v) is 6.84. The van der Waals surface area contributed by atoms with Gasteiger partial charge in [0.15, 0.2) is 0 Å². The first-order valence-corrected chi connectivity index (χ1v) is 3.93. The van der Waals surface area contributed by atoms with E-state index in [1.54, 1.807) is 0 Å². The lowest BCUT2D eigenvalue weighted by molar-refractivity contribution is -0.147. The fourth-order valence-electron chi connectivity index (χ4n) is 1.61. The van der Waals surface area contributed by atoms with E-state index in [1.165, 1.54) is 4.90 Å². The zero-order chi connectivity index (χ0) is 8.88. The summed E-state index contributed by atoms with van der Waals surface area (Å²) in [5, 5.41) is 8.98. The van der Waals surface area contributed by atoms with E-state index >= 15 is 0 Å². The van der Waals surface area contributed by atoms with E-state index in [-0.39, 0.29) is 17.6 Å². The molecule has 0 aromatic heterocycles. The van der Waals surface area contributed by atoms with Gasteiger partial charge in [0.2, 0.25) is 5.91 Å². The number of aliphatic carboxylic acids is 1. The molecule has 1 fully saturated rings. The summed E-state index contributed by atoms with van der Waals surface area (Å²) in [7, 11) is 0. The molecule has 0 aromatic rings. The highest BCUT2D eigenvalue weighted by Crippen LogP contribution is 2.39. The van der Waals surface area contributed by atoms with Gasteiger partial charge in [-0.05, 0) is 0 Å². The standard InChI is InChI=1S/C7H6ClNO3/c8-4-1-3-2-5(10)9(3)6(4)7(11)12/h3H,1-2H2,(H,11,12). The minimum atomic E-state index is -1.12. The Hall–Kier alpha value is -1.03. The normalized spacial score (nSPS) is 27.2. The van der Waals surface area contributed by atoms with Crippen molar-refractivity contribution in [3.63, 3.8) is 0 Å². The monoisotopic (exact) mass is 187 g/mol. The fraction of sp³-hybridized carbons (Fsp3) is 0.429. The lowest BCUT2D eigenvalue weighted by Gasteiger charge is -2.34. The van der Waals surface area contributed by atoms with Crippen molar-refractivity contribution in [3.05, 3.63) is 10.7 Å². The molecule has 0 bridgehead atoms. The first-order valence-electron chi connectivity index (χ1n) is 3.55. The Morgan fingerprint density at radius 1 is 1.58 bits per heavy atom. The van der Waals surface area contributed by atoms with Crippen molar-refractivity contribution in [1.82, 2.24) is 4.90 Å². The molecule has 0 aromatic carbocycles. The number of carboxylic acid groups (broad SMARTS) is 1. The smallest absolute Gasteiger partial charge is 0.353 e. The number of β-lactam (4-membered cyclic amide) rings is 1. The van der Waals surface area contributed by atoms with Crippen LogP contribution in [0.4, 0.5) is 0 Å². The maximum Gasteiger partial charge on any atom is 0.353 e. The predicted octanol–water partition coefficient (Wildman–Crippen LogP) is 0.526. The Balaban J connectivity index is 2.34. The SMILES string of the molecule is O=C(O)C1=C(Cl)CC2CC(=O)N12. The number of hydrogen-bond acceptors (Lipinski definition) is 2. The van der Waals surface area contributed by atoms with Crippen molar-refractivity contribution in [3.8, 4) is 0 Å². The summed E-state index contributed by atoms with van der Waals surface area (Å²) in [6, 6.07) is 0.0103. The molecule has 1 saturated heterocycles. The van der Waals surface area contributed by atoms with Gasteiger partial charge in [0.25, 0.3) is 0 Å². The molecule has 64 valence electrons. The molecule has 0 radical (unpaired) electrons. The molecule has 0 spiro atoms. The van der Waals surface area contributed by atoms with Crippen LogP contribution in [0.1, 0.15) is 12.8 Å². The summed E-state index contributed by atoms with van der Waals surface area (Å²) in [5.74, 6) is -1.26. The van der Waals surface area contributed by atoms with Gasteiger partial charge in [0, 0.05) is 12.8 Å². The summed E-state index contributed by atoms with van der Waals surface area (Å²) in [6.07, 6.45) is 0.919. The van der Waals surface area contributed by atoms with E-state index in [2.05, 4.69) is 0 Å². The van der Waals surface area contributed by atoms with Gasteiger partial charge in [-0.15, -0.1) is 0 Å². The fourth-order valence-corrected chi connectivity index (χ4v) is 1.96. The number of amides is 1. The summed E-state index contributed by atoms with van der Waals surface area (Å²) in [5.41, 5.74) is -0.0297. The van der Waals surface area contributed by atoms with Crippen LogP contribution in [-0.2, 0) is 9.59 Å². The van der Waals surface area contributed by atoms with Gasteiger partial charge in [-0.25, -0.2) is 4.79 Å². The maximum atomic E-state index is 10.9. The number of nitrogens with zero attached hydrogens (tertiary/aromatic N) is 1. The summed E-state index contributed by atoms with van der Waals surface area (Å²) >= 11 is 5.67. The van der Waals surface area contributed by atoms with Crippen molar-refractivity contribution >= 4 is 23.5 Å². The zero-order valence-electron chi connectivity index (χ0n) is 6.08. The first-order chi connectivity index (χ1) is 5.61. The van der Waals surface area contributed by atoms with Crippen LogP contribution < -0.4 is 0 Å². The number of fused-ring (bicyclic) bond motifs is 1. The van der Waals surface area contributed by atoms with Gasteiger partial charge in [0.1, 0.15) is 5.70 Å². The lowest BCUT2D eigenvalue weighted by atomic mass is 10.0. The van der Waals surface area contributed by atoms with Gasteiger partial charge in [0.05, 0.1) is 11.1 Å².